The molecule has 0 saturated heterocycles. The zero-order valence-corrected chi connectivity index (χ0v) is 29.4. The van der Waals surface area contributed by atoms with Crippen molar-refractivity contribution < 1.29 is 114 Å². The van der Waals surface area contributed by atoms with Gasteiger partial charge in [0.1, 0.15) is 0 Å². The van der Waals surface area contributed by atoms with Gasteiger partial charge in [-0.15, -0.1) is 30.7 Å². The van der Waals surface area contributed by atoms with E-state index < -0.39 is 30.7 Å². The molecule has 0 unspecified atom stereocenters. The number of nitrogens with zero attached hydrogens (tertiary/aromatic N) is 8. The number of aromatic nitrogens is 8. The minimum absolute atomic E-state index is 0. The normalized spacial score (nSPS) is 11.2. The van der Waals surface area contributed by atoms with E-state index in [2.05, 4.69) is 59.7 Å². The van der Waals surface area contributed by atoms with E-state index in [-0.39, 0.29) is 22.5 Å². The van der Waals surface area contributed by atoms with Gasteiger partial charge in [-0.25, -0.2) is 75.8 Å². The summed E-state index contributed by atoms with van der Waals surface area (Å²) in [5.41, 5.74) is 3.01. The molecule has 4 aromatic rings. The van der Waals surface area contributed by atoms with Gasteiger partial charge in [0.25, 0.3) is 0 Å². The van der Waals surface area contributed by atoms with Gasteiger partial charge in [0.15, 0.2) is 6.29 Å². The largest absolute Gasteiger partial charge is 3.00 e. The van der Waals surface area contributed by atoms with Gasteiger partial charge >= 0.3 is 17.1 Å². The van der Waals surface area contributed by atoms with E-state index >= 15 is 0 Å². The van der Waals surface area contributed by atoms with Crippen molar-refractivity contribution in [1.82, 2.24) is 44.8 Å². The first-order valence-electron chi connectivity index (χ1n) is 12.8. The van der Waals surface area contributed by atoms with Crippen LogP contribution in [0.2, 0.25) is 0 Å². The summed E-state index contributed by atoms with van der Waals surface area (Å²) in [6.07, 6.45) is 19.3. The van der Waals surface area contributed by atoms with Crippen molar-refractivity contribution in [3.05, 3.63) is 72.9 Å². The summed E-state index contributed by atoms with van der Waals surface area (Å²) in [4.78, 5) is 52.7. The van der Waals surface area contributed by atoms with Gasteiger partial charge in [-0.05, 0) is 0 Å². The number of hydrogen-bond acceptors (Lipinski definition) is 21. The first kappa shape index (κ1) is 52.7. The second kappa shape index (κ2) is 29.9. The number of aliphatic imine (C=N–C) groups is 3. The molecule has 4 rings (SSSR count). The standard InChI is InChI=1S/C18H24N10.C4H4N2O.3ClHO4.Fe.H2O/c1(19-7-16-10-22-13-25-16)4-28(5-2-20-8-17-11-23-14-26-17)6-3-21-9-18-12-24-15-27-18;7-2-4-1-5-3-6-4;3*2-1(3,4)5;;/h7-15H,1-6H2,(H,22,25)(H,23,26)(H,24,27);1-3H,(H,5,6);3*(H,2,3,4,5);;1H2/q;;;;;+3;/p-3. The van der Waals surface area contributed by atoms with E-state index in [9.17, 15) is 4.79 Å². The molecule has 0 bridgehead atoms. The number of hydrogen-bond donors (Lipinski definition) is 4. The Labute approximate surface area is 310 Å². The molecule has 0 amide bonds. The Balaban J connectivity index is -0.000000814. The molecule has 0 aromatic carbocycles. The third-order valence-electron chi connectivity index (χ3n) is 4.51. The average Bonchev–Trinajstić information content (AvgIpc) is 3.82. The van der Waals surface area contributed by atoms with Gasteiger partial charge in [-0.2, -0.15) is 0 Å². The predicted molar refractivity (Wildman–Crippen MR) is 137 cm³/mol. The molecular formula is C22H30Cl3FeN12O14. The number of carbonyl (C=O) groups excluding carboxylic acids is 1. The van der Waals surface area contributed by atoms with Crippen LogP contribution in [0.1, 0.15) is 27.6 Å². The third-order valence-corrected chi connectivity index (χ3v) is 4.51. The molecule has 0 fully saturated rings. The maximum Gasteiger partial charge on any atom is 3.00 e. The van der Waals surface area contributed by atoms with Crippen LogP contribution in [0.15, 0.2) is 65.1 Å². The van der Waals surface area contributed by atoms with E-state index in [1.807, 2.05) is 18.6 Å². The van der Waals surface area contributed by atoms with E-state index in [1.54, 1.807) is 37.6 Å². The van der Waals surface area contributed by atoms with E-state index in [0.29, 0.717) is 31.6 Å². The molecule has 30 heteroatoms. The van der Waals surface area contributed by atoms with Gasteiger partial charge in [0.05, 0.1) is 73.9 Å². The van der Waals surface area contributed by atoms with Crippen molar-refractivity contribution in [2.24, 2.45) is 15.0 Å². The smallest absolute Gasteiger partial charge is 0.412 e. The van der Waals surface area contributed by atoms with Crippen LogP contribution in [0.4, 0.5) is 0 Å². The molecule has 0 aliphatic rings. The van der Waals surface area contributed by atoms with Crippen LogP contribution < -0.4 is 55.9 Å². The summed E-state index contributed by atoms with van der Waals surface area (Å²) in [6.45, 7) is 4.57. The predicted octanol–water partition coefficient (Wildman–Crippen LogP) is -14.1. The van der Waals surface area contributed by atoms with E-state index in [1.165, 1.54) is 12.5 Å². The zero-order chi connectivity index (χ0) is 37.9. The number of rotatable bonds is 13. The Morgan fingerprint density at radius 2 is 0.904 bits per heavy atom. The maximum atomic E-state index is 9.80. The molecule has 1 radical (unpaired) electrons. The Morgan fingerprint density at radius 1 is 0.596 bits per heavy atom. The molecule has 26 nitrogen and oxygen atoms in total. The molecule has 0 aliphatic heterocycles. The van der Waals surface area contributed by atoms with Crippen LogP contribution in [-0.2, 0) is 17.1 Å². The summed E-state index contributed by atoms with van der Waals surface area (Å²) < 4.78 is 102. The van der Waals surface area contributed by atoms with Crippen molar-refractivity contribution in [3.8, 4) is 0 Å². The second-order valence-electron chi connectivity index (χ2n) is 8.19. The van der Waals surface area contributed by atoms with Crippen LogP contribution in [0.25, 0.3) is 0 Å². The van der Waals surface area contributed by atoms with Crippen LogP contribution >= 0.6 is 0 Å². The van der Waals surface area contributed by atoms with Crippen LogP contribution in [-0.4, -0.2) is 114 Å². The summed E-state index contributed by atoms with van der Waals surface area (Å²) in [5.74, 6) is 0. The fourth-order valence-corrected chi connectivity index (χ4v) is 2.77. The SMILES string of the molecule is C(=NCCN(CCN=Cc1c[nH]cn1)CCN=Cc1c[nH]cn1)c1c[nH]cn1.O.O=Cc1cnc[nH]1.[Fe+3].[O-][Cl+3]([O-])([O-])[O-].[O-][Cl+3]([O-])([O-])[O-].[O-][Cl+3]([O-])([O-])[O-]. The molecule has 52 heavy (non-hydrogen) atoms. The monoisotopic (exact) mass is 847 g/mol. The van der Waals surface area contributed by atoms with E-state index in [4.69, 9.17) is 55.9 Å². The summed E-state index contributed by atoms with van der Waals surface area (Å²) in [7, 11) is -14.8. The Hall–Kier alpha value is -3.65. The van der Waals surface area contributed by atoms with Gasteiger partial charge in [0, 0.05) is 56.9 Å². The number of aldehydes is 1. The van der Waals surface area contributed by atoms with Crippen LogP contribution in [0.5, 0.6) is 0 Å². The third kappa shape index (κ3) is 42.5. The first-order chi connectivity index (χ1) is 23.3. The average molecular weight is 849 g/mol. The molecule has 0 spiro atoms. The minimum atomic E-state index is -4.94. The van der Waals surface area contributed by atoms with Gasteiger partial charge < -0.3 is 25.4 Å². The summed E-state index contributed by atoms with van der Waals surface area (Å²) in [5, 5.41) is 0. The number of aromatic amines is 4. The van der Waals surface area contributed by atoms with Crippen molar-refractivity contribution in [3.63, 3.8) is 0 Å². The molecule has 291 valence electrons. The molecule has 0 aliphatic carbocycles. The van der Waals surface area contributed by atoms with Gasteiger partial charge in [-0.3, -0.25) is 24.7 Å². The molecule has 0 atom stereocenters. The second-order valence-corrected chi connectivity index (χ2v) is 10.5. The number of nitrogens with one attached hydrogen (secondary N) is 4. The van der Waals surface area contributed by atoms with Crippen LogP contribution in [0, 0.1) is 30.7 Å². The van der Waals surface area contributed by atoms with Crippen molar-refractivity contribution >= 4 is 24.9 Å². The first-order valence-corrected chi connectivity index (χ1v) is 16.5. The summed E-state index contributed by atoms with van der Waals surface area (Å²) in [6, 6.07) is 0. The summed E-state index contributed by atoms with van der Waals surface area (Å²) >= 11 is 0. The molecule has 4 heterocycles. The minimum Gasteiger partial charge on any atom is -0.412 e. The Morgan fingerprint density at radius 3 is 1.10 bits per heavy atom. The number of imidazole rings is 4. The maximum absolute atomic E-state index is 9.80. The Bertz CT molecular complexity index is 1270. The molecular weight excluding hydrogens is 819 g/mol. The molecule has 6 N–H and O–H groups in total. The number of halogens is 3. The van der Waals surface area contributed by atoms with Crippen molar-refractivity contribution in [2.45, 2.75) is 0 Å². The van der Waals surface area contributed by atoms with Crippen molar-refractivity contribution in [2.75, 3.05) is 39.3 Å². The zero-order valence-electron chi connectivity index (χ0n) is 26.0. The fourth-order valence-electron chi connectivity index (χ4n) is 2.77. The topological polar surface area (TPSA) is 480 Å². The van der Waals surface area contributed by atoms with Gasteiger partial charge in [0.2, 0.25) is 0 Å². The van der Waals surface area contributed by atoms with E-state index in [0.717, 1.165) is 36.7 Å². The Kier molecular flexibility index (Phi) is 30.3. The number of carbonyl (C=O) groups is 1. The van der Waals surface area contributed by atoms with Crippen LogP contribution in [0.3, 0.4) is 0 Å². The molecule has 0 saturated carbocycles. The van der Waals surface area contributed by atoms with Crippen molar-refractivity contribution in [1.29, 1.82) is 0 Å². The fraction of sp³-hybridized carbons (Fsp3) is 0.273. The quantitative estimate of drug-likeness (QED) is 0.0551. The number of H-pyrrole nitrogens is 4. The van der Waals surface area contributed by atoms with Gasteiger partial charge in [-0.1, -0.05) is 0 Å². The molecule has 4 aromatic heterocycles.